The van der Waals surface area contributed by atoms with Gasteiger partial charge in [0, 0.05) is 42.9 Å². The van der Waals surface area contributed by atoms with Gasteiger partial charge in [-0.1, -0.05) is 66.7 Å². The van der Waals surface area contributed by atoms with Crippen molar-refractivity contribution in [1.82, 2.24) is 0 Å². The molecule has 0 aromatic heterocycles. The van der Waals surface area contributed by atoms with Gasteiger partial charge in [-0.2, -0.15) is 0 Å². The first-order valence-corrected chi connectivity index (χ1v) is 9.35. The third-order valence-electron chi connectivity index (χ3n) is 5.49. The second kappa shape index (κ2) is 6.38. The molecule has 128 valence electrons. The molecule has 0 N–H and O–H groups in total. The van der Waals surface area contributed by atoms with Crippen LogP contribution in [0.4, 0.5) is 11.4 Å². The fraction of sp³-hybridized carbons (Fsp3) is 0.167. The van der Waals surface area contributed by atoms with Gasteiger partial charge in [-0.25, -0.2) is 0 Å². The van der Waals surface area contributed by atoms with Gasteiger partial charge in [0.2, 0.25) is 0 Å². The Balaban J connectivity index is 1.51. The predicted molar refractivity (Wildman–Crippen MR) is 112 cm³/mol. The second-order valence-corrected chi connectivity index (χ2v) is 6.97. The minimum atomic E-state index is 1.05. The smallest absolute Gasteiger partial charge is 0.0453 e. The van der Waals surface area contributed by atoms with Crippen molar-refractivity contribution in [3.05, 3.63) is 84.9 Å². The van der Waals surface area contributed by atoms with E-state index in [4.69, 9.17) is 0 Å². The third-order valence-corrected chi connectivity index (χ3v) is 5.49. The number of rotatable bonds is 2. The zero-order chi connectivity index (χ0) is 17.3. The van der Waals surface area contributed by atoms with Gasteiger partial charge in [-0.05, 0) is 34.4 Å². The molecule has 0 amide bonds. The van der Waals surface area contributed by atoms with E-state index in [0.29, 0.717) is 0 Å². The zero-order valence-electron chi connectivity index (χ0n) is 14.8. The lowest BCUT2D eigenvalue weighted by molar-refractivity contribution is 0.655. The molecule has 0 saturated carbocycles. The molecule has 2 nitrogen and oxygen atoms in total. The van der Waals surface area contributed by atoms with Gasteiger partial charge < -0.3 is 9.80 Å². The molecule has 1 fully saturated rings. The lowest BCUT2D eigenvalue weighted by Gasteiger charge is -2.38. The maximum absolute atomic E-state index is 2.55. The Morgan fingerprint density at radius 2 is 1.08 bits per heavy atom. The summed E-state index contributed by atoms with van der Waals surface area (Å²) >= 11 is 0. The molecule has 0 aliphatic carbocycles. The summed E-state index contributed by atoms with van der Waals surface area (Å²) in [6.45, 7) is 4.23. The molecule has 1 aliphatic rings. The van der Waals surface area contributed by atoms with Crippen LogP contribution in [0.2, 0.25) is 0 Å². The highest BCUT2D eigenvalue weighted by molar-refractivity contribution is 6.13. The largest absolute Gasteiger partial charge is 0.368 e. The van der Waals surface area contributed by atoms with Gasteiger partial charge in [-0.3, -0.25) is 0 Å². The highest BCUT2D eigenvalue weighted by Gasteiger charge is 2.19. The average Bonchev–Trinajstić information content (AvgIpc) is 2.74. The van der Waals surface area contributed by atoms with Crippen LogP contribution in [0.25, 0.3) is 21.5 Å². The maximum atomic E-state index is 2.55. The van der Waals surface area contributed by atoms with E-state index in [9.17, 15) is 0 Å². The van der Waals surface area contributed by atoms with Crippen LogP contribution in [0.15, 0.2) is 84.9 Å². The van der Waals surface area contributed by atoms with E-state index < -0.39 is 0 Å². The molecule has 2 heteroatoms. The lowest BCUT2D eigenvalue weighted by atomic mass is 9.99. The summed E-state index contributed by atoms with van der Waals surface area (Å²) < 4.78 is 0. The van der Waals surface area contributed by atoms with Gasteiger partial charge in [-0.15, -0.1) is 0 Å². The van der Waals surface area contributed by atoms with Crippen LogP contribution in [-0.2, 0) is 0 Å². The van der Waals surface area contributed by atoms with E-state index in [1.165, 1.54) is 32.9 Å². The minimum Gasteiger partial charge on any atom is -0.368 e. The summed E-state index contributed by atoms with van der Waals surface area (Å²) in [7, 11) is 0. The van der Waals surface area contributed by atoms with Crippen molar-refractivity contribution < 1.29 is 0 Å². The van der Waals surface area contributed by atoms with Crippen LogP contribution in [0.1, 0.15) is 0 Å². The molecule has 4 aromatic carbocycles. The Morgan fingerprint density at radius 3 is 1.85 bits per heavy atom. The van der Waals surface area contributed by atoms with E-state index in [-0.39, 0.29) is 0 Å². The van der Waals surface area contributed by atoms with Gasteiger partial charge >= 0.3 is 0 Å². The number of benzene rings is 4. The average molecular weight is 338 g/mol. The molecule has 0 atom stereocenters. The van der Waals surface area contributed by atoms with Crippen molar-refractivity contribution in [1.29, 1.82) is 0 Å². The molecule has 4 aromatic rings. The number of nitrogens with zero attached hydrogens (tertiary/aromatic N) is 2. The topological polar surface area (TPSA) is 6.48 Å². The van der Waals surface area contributed by atoms with Crippen molar-refractivity contribution in [2.24, 2.45) is 0 Å². The molecule has 5 rings (SSSR count). The van der Waals surface area contributed by atoms with E-state index in [0.717, 1.165) is 26.2 Å². The first-order valence-electron chi connectivity index (χ1n) is 9.35. The van der Waals surface area contributed by atoms with Crippen molar-refractivity contribution in [2.75, 3.05) is 36.0 Å². The SMILES string of the molecule is c1ccc(N2CCN(c3cc4ccccc4c4ccccc34)CC2)cc1. The lowest BCUT2D eigenvalue weighted by Crippen LogP contribution is -2.46. The first-order chi connectivity index (χ1) is 12.9. The van der Waals surface area contributed by atoms with Crippen LogP contribution in [0.5, 0.6) is 0 Å². The molecule has 1 aliphatic heterocycles. The molecule has 0 bridgehead atoms. The first kappa shape index (κ1) is 15.3. The van der Waals surface area contributed by atoms with Crippen LogP contribution >= 0.6 is 0 Å². The van der Waals surface area contributed by atoms with Crippen molar-refractivity contribution in [3.8, 4) is 0 Å². The van der Waals surface area contributed by atoms with Crippen molar-refractivity contribution in [3.63, 3.8) is 0 Å². The molecule has 0 spiro atoms. The molecule has 26 heavy (non-hydrogen) atoms. The summed E-state index contributed by atoms with van der Waals surface area (Å²) in [6.07, 6.45) is 0. The Labute approximate surface area is 154 Å². The Bertz CT molecular complexity index is 1050. The summed E-state index contributed by atoms with van der Waals surface area (Å²) in [5.74, 6) is 0. The van der Waals surface area contributed by atoms with Crippen LogP contribution in [-0.4, -0.2) is 26.2 Å². The number of hydrogen-bond donors (Lipinski definition) is 0. The predicted octanol–water partition coefficient (Wildman–Crippen LogP) is 5.32. The monoisotopic (exact) mass is 338 g/mol. The number of piperazine rings is 1. The minimum absolute atomic E-state index is 1.05. The van der Waals surface area contributed by atoms with Gasteiger partial charge in [0.25, 0.3) is 0 Å². The molecular weight excluding hydrogens is 316 g/mol. The van der Waals surface area contributed by atoms with E-state index in [1.54, 1.807) is 0 Å². The highest BCUT2D eigenvalue weighted by atomic mass is 15.3. The Kier molecular flexibility index (Phi) is 3.75. The zero-order valence-corrected chi connectivity index (χ0v) is 14.8. The summed E-state index contributed by atoms with van der Waals surface area (Å²) in [4.78, 5) is 5.04. The fourth-order valence-corrected chi connectivity index (χ4v) is 4.14. The normalized spacial score (nSPS) is 14.9. The molecule has 0 unspecified atom stereocenters. The molecular formula is C24H22N2. The number of anilines is 2. The van der Waals surface area contributed by atoms with E-state index in [2.05, 4.69) is 94.7 Å². The quantitative estimate of drug-likeness (QED) is 0.456. The van der Waals surface area contributed by atoms with Crippen LogP contribution in [0, 0.1) is 0 Å². The summed E-state index contributed by atoms with van der Waals surface area (Å²) in [5.41, 5.74) is 2.70. The van der Waals surface area contributed by atoms with Crippen LogP contribution < -0.4 is 9.80 Å². The standard InChI is InChI=1S/C24H22N2/c1-2-9-20(10-3-1)25-14-16-26(17-15-25)24-18-19-8-4-5-11-21(19)22-12-6-7-13-23(22)24/h1-13,18H,14-17H2. The molecule has 0 radical (unpaired) electrons. The van der Waals surface area contributed by atoms with E-state index in [1.807, 2.05) is 0 Å². The number of para-hydroxylation sites is 1. The third kappa shape index (κ3) is 2.59. The highest BCUT2D eigenvalue weighted by Crippen LogP contribution is 2.34. The van der Waals surface area contributed by atoms with Crippen molar-refractivity contribution in [2.45, 2.75) is 0 Å². The molecule has 1 saturated heterocycles. The Morgan fingerprint density at radius 1 is 0.500 bits per heavy atom. The summed E-state index contributed by atoms with van der Waals surface area (Å²) in [5, 5.41) is 5.38. The van der Waals surface area contributed by atoms with Crippen molar-refractivity contribution >= 4 is 32.9 Å². The number of hydrogen-bond acceptors (Lipinski definition) is 2. The Hall–Kier alpha value is -3.00. The number of fused-ring (bicyclic) bond motifs is 3. The van der Waals surface area contributed by atoms with Gasteiger partial charge in [0.05, 0.1) is 0 Å². The van der Waals surface area contributed by atoms with E-state index >= 15 is 0 Å². The summed E-state index contributed by atoms with van der Waals surface area (Å²) in [6, 6.07) is 30.7. The molecule has 1 heterocycles. The fourth-order valence-electron chi connectivity index (χ4n) is 4.14. The van der Waals surface area contributed by atoms with Gasteiger partial charge in [0.1, 0.15) is 0 Å². The van der Waals surface area contributed by atoms with Crippen LogP contribution in [0.3, 0.4) is 0 Å². The maximum Gasteiger partial charge on any atom is 0.0453 e. The van der Waals surface area contributed by atoms with Gasteiger partial charge in [0.15, 0.2) is 0 Å². The second-order valence-electron chi connectivity index (χ2n) is 6.97.